The topological polar surface area (TPSA) is 108 Å². The summed E-state index contributed by atoms with van der Waals surface area (Å²) in [6.07, 6.45) is 1.81. The number of halogens is 1. The molecule has 0 saturated heterocycles. The summed E-state index contributed by atoms with van der Waals surface area (Å²) in [5.41, 5.74) is -1.68. The minimum absolute atomic E-state index is 0. The van der Waals surface area contributed by atoms with E-state index >= 15 is 0 Å². The normalized spacial score (nSPS) is 13.9. The van der Waals surface area contributed by atoms with Gasteiger partial charge in [-0.25, -0.2) is 9.79 Å². The minimum atomic E-state index is -1.18. The summed E-state index contributed by atoms with van der Waals surface area (Å²) in [4.78, 5) is 16.0. The summed E-state index contributed by atoms with van der Waals surface area (Å²) in [5, 5.41) is 19.4. The molecule has 0 bridgehead atoms. The fourth-order valence-corrected chi connectivity index (χ4v) is 2.04. The van der Waals surface area contributed by atoms with Crippen LogP contribution in [-0.2, 0) is 10.3 Å². The van der Waals surface area contributed by atoms with Gasteiger partial charge in [0.25, 0.3) is 0 Å². The molecule has 0 aliphatic rings. The van der Waals surface area contributed by atoms with Crippen LogP contribution < -0.4 is 16.0 Å². The van der Waals surface area contributed by atoms with Crippen molar-refractivity contribution in [1.82, 2.24) is 16.0 Å². The number of alkyl carbamates (subject to hydrolysis) is 1. The van der Waals surface area contributed by atoms with Crippen molar-refractivity contribution in [1.29, 1.82) is 0 Å². The maximum Gasteiger partial charge on any atom is 0.407 e. The lowest BCUT2D eigenvalue weighted by Crippen LogP contribution is -2.40. The van der Waals surface area contributed by atoms with Crippen LogP contribution in [0.3, 0.4) is 0 Å². The van der Waals surface area contributed by atoms with Gasteiger partial charge in [-0.05, 0) is 53.2 Å². The molecule has 1 atom stereocenters. The van der Waals surface area contributed by atoms with Crippen molar-refractivity contribution in [3.63, 3.8) is 0 Å². The van der Waals surface area contributed by atoms with E-state index in [1.54, 1.807) is 19.1 Å². The van der Waals surface area contributed by atoms with E-state index in [9.17, 15) is 9.90 Å². The third-order valence-corrected chi connectivity index (χ3v) is 3.26. The van der Waals surface area contributed by atoms with Gasteiger partial charge in [0.1, 0.15) is 17.0 Å². The SMILES string of the molecule is CCNC(=NCC(C)(O)c1ccco1)NCCCNC(=O)OC(C)(C)C.I. The number of guanidine groups is 1. The molecule has 1 amide bonds. The summed E-state index contributed by atoms with van der Waals surface area (Å²) in [6.45, 7) is 11.1. The highest BCUT2D eigenvalue weighted by Gasteiger charge is 2.26. The first-order valence-corrected chi connectivity index (χ1v) is 8.89. The smallest absolute Gasteiger partial charge is 0.407 e. The number of aliphatic imine (C=N–C) groups is 1. The van der Waals surface area contributed by atoms with Gasteiger partial charge in [0, 0.05) is 19.6 Å². The van der Waals surface area contributed by atoms with Gasteiger partial charge in [0.05, 0.1) is 12.8 Å². The molecule has 1 heterocycles. The zero-order valence-electron chi connectivity index (χ0n) is 16.8. The van der Waals surface area contributed by atoms with Crippen molar-refractivity contribution in [3.05, 3.63) is 24.2 Å². The molecule has 1 aromatic rings. The van der Waals surface area contributed by atoms with E-state index in [0.717, 1.165) is 0 Å². The number of ether oxygens (including phenoxy) is 1. The second kappa shape index (κ2) is 12.1. The highest BCUT2D eigenvalue weighted by molar-refractivity contribution is 14.0. The molecule has 8 nitrogen and oxygen atoms in total. The predicted octanol–water partition coefficient (Wildman–Crippen LogP) is 2.58. The number of furan rings is 1. The molecule has 0 radical (unpaired) electrons. The number of nitrogens with zero attached hydrogens (tertiary/aromatic N) is 1. The molecule has 0 fully saturated rings. The zero-order valence-corrected chi connectivity index (χ0v) is 19.1. The van der Waals surface area contributed by atoms with E-state index in [2.05, 4.69) is 20.9 Å². The lowest BCUT2D eigenvalue weighted by molar-refractivity contribution is 0.0436. The van der Waals surface area contributed by atoms with Gasteiger partial charge in [-0.2, -0.15) is 0 Å². The molecule has 0 spiro atoms. The van der Waals surface area contributed by atoms with Gasteiger partial charge in [0.15, 0.2) is 5.96 Å². The maximum atomic E-state index is 11.6. The van der Waals surface area contributed by atoms with E-state index < -0.39 is 17.3 Å². The van der Waals surface area contributed by atoms with Crippen LogP contribution in [0.5, 0.6) is 0 Å². The van der Waals surface area contributed by atoms with Crippen LogP contribution in [0.25, 0.3) is 0 Å². The first kappa shape index (κ1) is 25.5. The van der Waals surface area contributed by atoms with E-state index in [1.807, 2.05) is 27.7 Å². The molecule has 4 N–H and O–H groups in total. The Morgan fingerprint density at radius 2 is 1.89 bits per heavy atom. The Hall–Kier alpha value is -1.49. The van der Waals surface area contributed by atoms with Crippen LogP contribution in [0.15, 0.2) is 27.8 Å². The average Bonchev–Trinajstić information content (AvgIpc) is 3.05. The van der Waals surface area contributed by atoms with Crippen LogP contribution in [0.1, 0.15) is 46.8 Å². The van der Waals surface area contributed by atoms with Crippen molar-refractivity contribution in [2.45, 2.75) is 52.2 Å². The van der Waals surface area contributed by atoms with Gasteiger partial charge < -0.3 is 30.2 Å². The van der Waals surface area contributed by atoms with Gasteiger partial charge in [-0.1, -0.05) is 0 Å². The lowest BCUT2D eigenvalue weighted by Gasteiger charge is -2.20. The Balaban J connectivity index is 0.00000676. The second-order valence-electron chi connectivity index (χ2n) is 7.16. The lowest BCUT2D eigenvalue weighted by atomic mass is 10.0. The number of aliphatic hydroxyl groups is 1. The van der Waals surface area contributed by atoms with Crippen LogP contribution in [0.4, 0.5) is 4.79 Å². The monoisotopic (exact) mass is 496 g/mol. The second-order valence-corrected chi connectivity index (χ2v) is 7.16. The van der Waals surface area contributed by atoms with E-state index in [4.69, 9.17) is 9.15 Å². The van der Waals surface area contributed by atoms with E-state index in [1.165, 1.54) is 6.26 Å². The molecule has 1 unspecified atom stereocenters. The van der Waals surface area contributed by atoms with Gasteiger partial charge in [-0.3, -0.25) is 0 Å². The van der Waals surface area contributed by atoms with Crippen molar-refractivity contribution < 1.29 is 19.1 Å². The fraction of sp³-hybridized carbons (Fsp3) is 0.667. The molecule has 27 heavy (non-hydrogen) atoms. The number of carbonyl (C=O) groups excluding carboxylic acids is 1. The van der Waals surface area contributed by atoms with Gasteiger partial charge >= 0.3 is 6.09 Å². The third-order valence-electron chi connectivity index (χ3n) is 3.26. The van der Waals surface area contributed by atoms with Crippen LogP contribution in [-0.4, -0.2) is 48.9 Å². The Bertz CT molecular complexity index is 568. The molecule has 0 aliphatic heterocycles. The van der Waals surface area contributed by atoms with Crippen LogP contribution in [0, 0.1) is 0 Å². The number of amides is 1. The zero-order chi connectivity index (χ0) is 19.6. The van der Waals surface area contributed by atoms with Crippen molar-refractivity contribution in [2.75, 3.05) is 26.2 Å². The number of carbonyl (C=O) groups is 1. The quantitative estimate of drug-likeness (QED) is 0.191. The Labute approximate surface area is 178 Å². The van der Waals surface area contributed by atoms with E-state index in [-0.39, 0.29) is 30.5 Å². The van der Waals surface area contributed by atoms with E-state index in [0.29, 0.717) is 37.8 Å². The van der Waals surface area contributed by atoms with Crippen molar-refractivity contribution in [2.24, 2.45) is 4.99 Å². The summed E-state index contributed by atoms with van der Waals surface area (Å²) >= 11 is 0. The highest BCUT2D eigenvalue weighted by atomic mass is 127. The summed E-state index contributed by atoms with van der Waals surface area (Å²) in [5.74, 6) is 1.07. The van der Waals surface area contributed by atoms with Crippen molar-refractivity contribution >= 4 is 36.0 Å². The van der Waals surface area contributed by atoms with Crippen LogP contribution >= 0.6 is 24.0 Å². The molecule has 0 aromatic carbocycles. The summed E-state index contributed by atoms with van der Waals surface area (Å²) < 4.78 is 10.4. The van der Waals surface area contributed by atoms with Crippen LogP contribution in [0.2, 0.25) is 0 Å². The molecular weight excluding hydrogens is 463 g/mol. The highest BCUT2D eigenvalue weighted by Crippen LogP contribution is 2.20. The maximum absolute atomic E-state index is 11.6. The molecule has 1 aromatic heterocycles. The minimum Gasteiger partial charge on any atom is -0.466 e. The number of nitrogens with one attached hydrogen (secondary N) is 3. The average molecular weight is 496 g/mol. The molecule has 9 heteroatoms. The molecular formula is C18H33IN4O4. The van der Waals surface area contributed by atoms with Gasteiger partial charge in [0.2, 0.25) is 0 Å². The molecule has 0 aliphatic carbocycles. The molecule has 0 saturated carbocycles. The van der Waals surface area contributed by atoms with Crippen molar-refractivity contribution in [3.8, 4) is 0 Å². The fourth-order valence-electron chi connectivity index (χ4n) is 2.04. The number of hydrogen-bond donors (Lipinski definition) is 4. The first-order valence-electron chi connectivity index (χ1n) is 8.89. The summed E-state index contributed by atoms with van der Waals surface area (Å²) in [7, 11) is 0. The Morgan fingerprint density at radius 1 is 1.22 bits per heavy atom. The number of hydrogen-bond acceptors (Lipinski definition) is 5. The summed E-state index contributed by atoms with van der Waals surface area (Å²) in [6, 6.07) is 3.45. The standard InChI is InChI=1S/C18H32N4O4.HI/c1-6-19-15(22-13-18(5,24)14-9-7-12-25-14)20-10-8-11-21-16(23)26-17(2,3)4;/h7,9,12,24H,6,8,10-11,13H2,1-5H3,(H,21,23)(H2,19,20,22);1H. The Morgan fingerprint density at radius 3 is 2.44 bits per heavy atom. The molecule has 156 valence electrons. The van der Waals surface area contributed by atoms with Gasteiger partial charge in [-0.15, -0.1) is 24.0 Å². The predicted molar refractivity (Wildman–Crippen MR) is 117 cm³/mol. The molecule has 1 rings (SSSR count). The third kappa shape index (κ3) is 11.1. The Kier molecular flexibility index (Phi) is 11.4. The largest absolute Gasteiger partial charge is 0.466 e. The first-order chi connectivity index (χ1) is 12.1. The number of rotatable bonds is 8.